The van der Waals surface area contributed by atoms with Crippen LogP contribution in [0.4, 0.5) is 14.5 Å². The summed E-state index contributed by atoms with van der Waals surface area (Å²) < 4.78 is 27.4. The molecule has 1 heterocycles. The van der Waals surface area contributed by atoms with Gasteiger partial charge >= 0.3 is 0 Å². The normalized spacial score (nSPS) is 11.5. The number of nitrogens with one attached hydrogen (secondary N) is 2. The summed E-state index contributed by atoms with van der Waals surface area (Å²) in [5.41, 5.74) is 0.437. The monoisotopic (exact) mass is 381 g/mol. The Morgan fingerprint density at radius 3 is 2.29 bits per heavy atom. The van der Waals surface area contributed by atoms with Crippen molar-refractivity contribution in [3.63, 3.8) is 0 Å². The van der Waals surface area contributed by atoms with Crippen LogP contribution in [0.25, 0.3) is 0 Å². The van der Waals surface area contributed by atoms with Crippen molar-refractivity contribution in [3.8, 4) is 0 Å². The van der Waals surface area contributed by atoms with E-state index in [-0.39, 0.29) is 17.3 Å². The lowest BCUT2D eigenvalue weighted by Gasteiger charge is -2.14. The molecule has 0 aliphatic rings. The highest BCUT2D eigenvalue weighted by Gasteiger charge is 2.17. The molecule has 0 aliphatic heterocycles. The van der Waals surface area contributed by atoms with Crippen LogP contribution in [0.3, 0.4) is 0 Å². The van der Waals surface area contributed by atoms with Crippen LogP contribution in [0.15, 0.2) is 66.9 Å². The van der Waals surface area contributed by atoms with Gasteiger partial charge < -0.3 is 10.6 Å². The number of benzene rings is 2. The van der Waals surface area contributed by atoms with Crippen molar-refractivity contribution in [1.29, 1.82) is 0 Å². The van der Waals surface area contributed by atoms with Gasteiger partial charge in [0.05, 0.1) is 6.04 Å². The number of amides is 2. The number of rotatable bonds is 5. The van der Waals surface area contributed by atoms with Crippen molar-refractivity contribution in [3.05, 3.63) is 95.3 Å². The molecule has 0 saturated carbocycles. The molecule has 2 N–H and O–H groups in total. The molecule has 0 bridgehead atoms. The highest BCUT2D eigenvalue weighted by molar-refractivity contribution is 6.05. The molecule has 1 unspecified atom stereocenters. The number of hydrogen-bond acceptors (Lipinski definition) is 3. The molecule has 0 saturated heterocycles. The second kappa shape index (κ2) is 8.39. The summed E-state index contributed by atoms with van der Waals surface area (Å²) >= 11 is 0. The van der Waals surface area contributed by atoms with Crippen LogP contribution in [-0.2, 0) is 0 Å². The standard InChI is InChI=1S/C21H17F2N3O2/c1-13(14-6-3-2-4-7-14)25-21(28)18-12-15(10-11-24-18)20(27)26-19-16(22)8-5-9-17(19)23/h2-13H,1H3,(H,25,28)(H,26,27). The van der Waals surface area contributed by atoms with E-state index in [1.165, 1.54) is 24.4 Å². The zero-order valence-electron chi connectivity index (χ0n) is 14.9. The Morgan fingerprint density at radius 2 is 1.61 bits per heavy atom. The highest BCUT2D eigenvalue weighted by atomic mass is 19.1. The van der Waals surface area contributed by atoms with E-state index in [0.29, 0.717) is 0 Å². The fraction of sp³-hybridized carbons (Fsp3) is 0.0952. The highest BCUT2D eigenvalue weighted by Crippen LogP contribution is 2.19. The molecule has 3 rings (SSSR count). The van der Waals surface area contributed by atoms with E-state index in [4.69, 9.17) is 0 Å². The number of anilines is 1. The third-order valence-electron chi connectivity index (χ3n) is 4.10. The van der Waals surface area contributed by atoms with Gasteiger partial charge in [0.25, 0.3) is 11.8 Å². The van der Waals surface area contributed by atoms with Gasteiger partial charge in [-0.3, -0.25) is 14.6 Å². The van der Waals surface area contributed by atoms with E-state index in [0.717, 1.165) is 17.7 Å². The first kappa shape index (κ1) is 19.2. The number of pyridine rings is 1. The fourth-order valence-electron chi connectivity index (χ4n) is 2.59. The number of halogens is 2. The summed E-state index contributed by atoms with van der Waals surface area (Å²) in [4.78, 5) is 28.7. The Hall–Kier alpha value is -3.61. The quantitative estimate of drug-likeness (QED) is 0.699. The molecule has 5 nitrogen and oxygen atoms in total. The number of hydrogen-bond donors (Lipinski definition) is 2. The summed E-state index contributed by atoms with van der Waals surface area (Å²) in [6, 6.07) is 15.0. The van der Waals surface area contributed by atoms with E-state index in [9.17, 15) is 18.4 Å². The van der Waals surface area contributed by atoms with Crippen molar-refractivity contribution < 1.29 is 18.4 Å². The van der Waals surface area contributed by atoms with Gasteiger partial charge in [-0.25, -0.2) is 8.78 Å². The van der Waals surface area contributed by atoms with Gasteiger partial charge in [-0.2, -0.15) is 0 Å². The van der Waals surface area contributed by atoms with Crippen LogP contribution >= 0.6 is 0 Å². The number of aromatic nitrogens is 1. The van der Waals surface area contributed by atoms with Gasteiger partial charge in [-0.1, -0.05) is 36.4 Å². The molecule has 2 amide bonds. The van der Waals surface area contributed by atoms with Gasteiger partial charge in [-0.15, -0.1) is 0 Å². The van der Waals surface area contributed by atoms with E-state index in [2.05, 4.69) is 15.6 Å². The Labute approximate surface area is 160 Å². The predicted octanol–water partition coefficient (Wildman–Crippen LogP) is 4.10. The summed E-state index contributed by atoms with van der Waals surface area (Å²) in [7, 11) is 0. The Morgan fingerprint density at radius 1 is 0.929 bits per heavy atom. The lowest BCUT2D eigenvalue weighted by atomic mass is 10.1. The molecule has 0 fully saturated rings. The first-order valence-corrected chi connectivity index (χ1v) is 8.53. The van der Waals surface area contributed by atoms with Crippen molar-refractivity contribution >= 4 is 17.5 Å². The van der Waals surface area contributed by atoms with E-state index < -0.39 is 29.1 Å². The minimum absolute atomic E-state index is 0.0180. The van der Waals surface area contributed by atoms with Gasteiger partial charge in [-0.05, 0) is 36.8 Å². The van der Waals surface area contributed by atoms with Gasteiger partial charge in [0, 0.05) is 11.8 Å². The molecule has 7 heteroatoms. The minimum atomic E-state index is -0.892. The van der Waals surface area contributed by atoms with Crippen LogP contribution in [0.2, 0.25) is 0 Å². The second-order valence-electron chi connectivity index (χ2n) is 6.09. The maximum Gasteiger partial charge on any atom is 0.270 e. The van der Waals surface area contributed by atoms with E-state index in [1.807, 2.05) is 37.3 Å². The maximum atomic E-state index is 13.7. The average Bonchev–Trinajstić information content (AvgIpc) is 2.71. The third-order valence-corrected chi connectivity index (χ3v) is 4.10. The zero-order valence-corrected chi connectivity index (χ0v) is 14.9. The van der Waals surface area contributed by atoms with Crippen LogP contribution < -0.4 is 10.6 Å². The number of para-hydroxylation sites is 1. The number of carbonyl (C=O) groups is 2. The summed E-state index contributed by atoms with van der Waals surface area (Å²) in [6.45, 7) is 1.82. The summed E-state index contributed by atoms with van der Waals surface area (Å²) in [6.07, 6.45) is 1.29. The van der Waals surface area contributed by atoms with Crippen molar-refractivity contribution in [2.24, 2.45) is 0 Å². The van der Waals surface area contributed by atoms with Gasteiger partial charge in [0.2, 0.25) is 0 Å². The number of nitrogens with zero attached hydrogens (tertiary/aromatic N) is 1. The van der Waals surface area contributed by atoms with Crippen molar-refractivity contribution in [2.75, 3.05) is 5.32 Å². The van der Waals surface area contributed by atoms with Gasteiger partial charge in [0.1, 0.15) is 23.0 Å². The molecule has 1 atom stereocenters. The predicted molar refractivity (Wildman–Crippen MR) is 101 cm³/mol. The molecule has 142 valence electrons. The second-order valence-corrected chi connectivity index (χ2v) is 6.09. The third kappa shape index (κ3) is 4.37. The molecule has 1 aromatic heterocycles. The molecular formula is C21H17F2N3O2. The van der Waals surface area contributed by atoms with E-state index >= 15 is 0 Å². The zero-order chi connectivity index (χ0) is 20.1. The smallest absolute Gasteiger partial charge is 0.270 e. The molecule has 3 aromatic rings. The topological polar surface area (TPSA) is 71.1 Å². The first-order chi connectivity index (χ1) is 13.5. The summed E-state index contributed by atoms with van der Waals surface area (Å²) in [5.74, 6) is -3.01. The Kier molecular flexibility index (Phi) is 5.74. The van der Waals surface area contributed by atoms with Gasteiger partial charge in [0.15, 0.2) is 0 Å². The molecule has 2 aromatic carbocycles. The largest absolute Gasteiger partial charge is 0.344 e. The summed E-state index contributed by atoms with van der Waals surface area (Å²) in [5, 5.41) is 4.97. The first-order valence-electron chi connectivity index (χ1n) is 8.53. The van der Waals surface area contributed by atoms with Crippen LogP contribution in [0.5, 0.6) is 0 Å². The van der Waals surface area contributed by atoms with E-state index in [1.54, 1.807) is 0 Å². The lowest BCUT2D eigenvalue weighted by molar-refractivity contribution is 0.0935. The lowest BCUT2D eigenvalue weighted by Crippen LogP contribution is -2.27. The molecule has 0 aliphatic carbocycles. The maximum absolute atomic E-state index is 13.7. The number of carbonyl (C=O) groups excluding carboxylic acids is 2. The fourth-order valence-corrected chi connectivity index (χ4v) is 2.59. The van der Waals surface area contributed by atoms with Crippen LogP contribution in [0.1, 0.15) is 39.4 Å². The Bertz CT molecular complexity index is 989. The minimum Gasteiger partial charge on any atom is -0.344 e. The average molecular weight is 381 g/mol. The van der Waals surface area contributed by atoms with Crippen molar-refractivity contribution in [2.45, 2.75) is 13.0 Å². The SMILES string of the molecule is CC(NC(=O)c1cc(C(=O)Nc2c(F)cccc2F)ccn1)c1ccccc1. The van der Waals surface area contributed by atoms with Crippen LogP contribution in [-0.4, -0.2) is 16.8 Å². The van der Waals surface area contributed by atoms with Crippen LogP contribution in [0, 0.1) is 11.6 Å². The molecule has 0 radical (unpaired) electrons. The molecule has 28 heavy (non-hydrogen) atoms. The molecular weight excluding hydrogens is 364 g/mol. The Balaban J connectivity index is 1.74. The van der Waals surface area contributed by atoms with Crippen molar-refractivity contribution in [1.82, 2.24) is 10.3 Å². The molecule has 0 spiro atoms.